The Bertz CT molecular complexity index is 533. The van der Waals surface area contributed by atoms with Crippen LogP contribution in [0.5, 0.6) is 0 Å². The quantitative estimate of drug-likeness (QED) is 0.681. The van der Waals surface area contributed by atoms with Crippen molar-refractivity contribution in [2.75, 3.05) is 11.9 Å². The molecule has 2 amide bonds. The van der Waals surface area contributed by atoms with E-state index in [0.717, 1.165) is 12.8 Å². The fourth-order valence-corrected chi connectivity index (χ4v) is 2.28. The minimum atomic E-state index is -1.21. The molecule has 0 aromatic heterocycles. The Morgan fingerprint density at radius 3 is 2.52 bits per heavy atom. The van der Waals surface area contributed by atoms with E-state index in [1.165, 1.54) is 12.1 Å². The molecule has 0 atom stereocenters. The molecule has 0 spiro atoms. The standard InChI is InChI=1S/C14H18Cl2N2O3/c1-8(2)4-3-5-17-14(21)18-12-10(13(19)20)6-9(15)7-11(12)16/h6-8H,3-5H2,1-2H3,(H,19,20)(H2,17,18,21). The van der Waals surface area contributed by atoms with Crippen molar-refractivity contribution in [1.29, 1.82) is 0 Å². The van der Waals surface area contributed by atoms with Crippen molar-refractivity contribution in [3.05, 3.63) is 27.7 Å². The summed E-state index contributed by atoms with van der Waals surface area (Å²) in [7, 11) is 0. The van der Waals surface area contributed by atoms with Crippen LogP contribution in [0.4, 0.5) is 10.5 Å². The van der Waals surface area contributed by atoms with Gasteiger partial charge in [0, 0.05) is 11.6 Å². The van der Waals surface area contributed by atoms with E-state index >= 15 is 0 Å². The van der Waals surface area contributed by atoms with Gasteiger partial charge in [-0.2, -0.15) is 0 Å². The Balaban J connectivity index is 2.70. The molecule has 0 saturated heterocycles. The molecule has 3 N–H and O–H groups in total. The summed E-state index contributed by atoms with van der Waals surface area (Å²) >= 11 is 11.7. The number of halogens is 2. The number of amides is 2. The number of benzene rings is 1. The van der Waals surface area contributed by atoms with Crippen LogP contribution in [0.15, 0.2) is 12.1 Å². The van der Waals surface area contributed by atoms with Gasteiger partial charge in [0.15, 0.2) is 0 Å². The van der Waals surface area contributed by atoms with Gasteiger partial charge in [0.1, 0.15) is 0 Å². The van der Waals surface area contributed by atoms with Gasteiger partial charge in [0.2, 0.25) is 0 Å². The van der Waals surface area contributed by atoms with Crippen LogP contribution < -0.4 is 10.6 Å². The van der Waals surface area contributed by atoms with E-state index in [1.807, 2.05) is 0 Å². The molecule has 0 heterocycles. The number of carbonyl (C=O) groups excluding carboxylic acids is 1. The van der Waals surface area contributed by atoms with Crippen molar-refractivity contribution in [2.45, 2.75) is 26.7 Å². The molecule has 0 fully saturated rings. The van der Waals surface area contributed by atoms with Gasteiger partial charge < -0.3 is 15.7 Å². The SMILES string of the molecule is CC(C)CCCNC(=O)Nc1c(Cl)cc(Cl)cc1C(=O)O. The van der Waals surface area contributed by atoms with Gasteiger partial charge >= 0.3 is 12.0 Å². The first kappa shape index (κ1) is 17.6. The van der Waals surface area contributed by atoms with E-state index in [1.54, 1.807) is 0 Å². The summed E-state index contributed by atoms with van der Waals surface area (Å²) in [5, 5.41) is 14.5. The second-order valence-corrected chi connectivity index (χ2v) is 5.88. The first-order valence-corrected chi connectivity index (χ1v) is 7.34. The number of aromatic carboxylic acids is 1. The highest BCUT2D eigenvalue weighted by molar-refractivity contribution is 6.37. The van der Waals surface area contributed by atoms with E-state index < -0.39 is 12.0 Å². The zero-order valence-corrected chi connectivity index (χ0v) is 13.4. The third-order valence-corrected chi connectivity index (χ3v) is 3.28. The fraction of sp³-hybridized carbons (Fsp3) is 0.429. The van der Waals surface area contributed by atoms with Crippen molar-refractivity contribution in [2.24, 2.45) is 5.92 Å². The second-order valence-electron chi connectivity index (χ2n) is 5.03. The van der Waals surface area contributed by atoms with Gasteiger partial charge in [-0.1, -0.05) is 37.0 Å². The van der Waals surface area contributed by atoms with Gasteiger partial charge in [-0.25, -0.2) is 9.59 Å². The number of nitrogens with one attached hydrogen (secondary N) is 2. The maximum absolute atomic E-state index is 11.8. The zero-order valence-electron chi connectivity index (χ0n) is 11.9. The summed E-state index contributed by atoms with van der Waals surface area (Å²) in [6.45, 7) is 4.72. The van der Waals surface area contributed by atoms with Crippen molar-refractivity contribution in [1.82, 2.24) is 5.32 Å². The summed E-state index contributed by atoms with van der Waals surface area (Å²) in [5.41, 5.74) is -0.111. The molecule has 0 aliphatic carbocycles. The lowest BCUT2D eigenvalue weighted by Crippen LogP contribution is -2.30. The molecule has 7 heteroatoms. The Morgan fingerprint density at radius 1 is 1.29 bits per heavy atom. The summed E-state index contributed by atoms with van der Waals surface area (Å²) in [6.07, 6.45) is 1.85. The van der Waals surface area contributed by atoms with Crippen molar-refractivity contribution in [3.8, 4) is 0 Å². The van der Waals surface area contributed by atoms with Gasteiger partial charge in [-0.15, -0.1) is 0 Å². The van der Waals surface area contributed by atoms with Gasteiger partial charge in [-0.3, -0.25) is 0 Å². The molecule has 21 heavy (non-hydrogen) atoms. The Labute approximate surface area is 133 Å². The highest BCUT2D eigenvalue weighted by atomic mass is 35.5. The third-order valence-electron chi connectivity index (χ3n) is 2.77. The number of rotatable bonds is 6. The van der Waals surface area contributed by atoms with Crippen LogP contribution in [-0.2, 0) is 0 Å². The summed E-state index contributed by atoms with van der Waals surface area (Å²) in [5.74, 6) is -0.645. The average Bonchev–Trinajstić information content (AvgIpc) is 2.37. The lowest BCUT2D eigenvalue weighted by atomic mass is 10.1. The van der Waals surface area contributed by atoms with Gasteiger partial charge in [0.05, 0.1) is 16.3 Å². The maximum atomic E-state index is 11.8. The molecular formula is C14H18Cl2N2O3. The lowest BCUT2D eigenvalue weighted by molar-refractivity contribution is 0.0698. The van der Waals surface area contributed by atoms with Crippen LogP contribution in [0.3, 0.4) is 0 Å². The summed E-state index contributed by atoms with van der Waals surface area (Å²) < 4.78 is 0. The van der Waals surface area contributed by atoms with Crippen LogP contribution in [-0.4, -0.2) is 23.7 Å². The number of carbonyl (C=O) groups is 2. The normalized spacial score (nSPS) is 10.5. The number of carboxylic acids is 1. The van der Waals surface area contributed by atoms with Crippen molar-refractivity contribution in [3.63, 3.8) is 0 Å². The maximum Gasteiger partial charge on any atom is 0.337 e. The molecule has 5 nitrogen and oxygen atoms in total. The largest absolute Gasteiger partial charge is 0.478 e. The number of hydrogen-bond donors (Lipinski definition) is 3. The van der Waals surface area contributed by atoms with Crippen LogP contribution >= 0.6 is 23.2 Å². The minimum absolute atomic E-state index is 0.0370. The van der Waals surface area contributed by atoms with E-state index in [2.05, 4.69) is 24.5 Å². The number of carboxylic acid groups (broad SMARTS) is 1. The molecule has 0 aliphatic rings. The molecule has 0 bridgehead atoms. The number of anilines is 1. The highest BCUT2D eigenvalue weighted by Crippen LogP contribution is 2.30. The zero-order chi connectivity index (χ0) is 16.0. The Kier molecular flexibility index (Phi) is 6.78. The molecule has 1 aromatic carbocycles. The first-order chi connectivity index (χ1) is 9.81. The topological polar surface area (TPSA) is 78.4 Å². The van der Waals surface area contributed by atoms with Gasteiger partial charge in [0.25, 0.3) is 0 Å². The van der Waals surface area contributed by atoms with Crippen LogP contribution in [0.25, 0.3) is 0 Å². The van der Waals surface area contributed by atoms with Gasteiger partial charge in [-0.05, 0) is 30.9 Å². The average molecular weight is 333 g/mol. The van der Waals surface area contributed by atoms with Crippen molar-refractivity contribution < 1.29 is 14.7 Å². The monoisotopic (exact) mass is 332 g/mol. The molecule has 0 radical (unpaired) electrons. The Hall–Kier alpha value is -1.46. The molecule has 1 rings (SSSR count). The number of hydrogen-bond acceptors (Lipinski definition) is 2. The predicted molar refractivity (Wildman–Crippen MR) is 84.5 cm³/mol. The highest BCUT2D eigenvalue weighted by Gasteiger charge is 2.17. The van der Waals surface area contributed by atoms with Crippen LogP contribution in [0.2, 0.25) is 10.0 Å². The van der Waals surface area contributed by atoms with E-state index in [9.17, 15) is 9.59 Å². The third kappa shape index (κ3) is 5.81. The molecule has 0 unspecified atom stereocenters. The molecule has 116 valence electrons. The van der Waals surface area contributed by atoms with E-state index in [0.29, 0.717) is 12.5 Å². The fourth-order valence-electron chi connectivity index (χ4n) is 1.74. The number of urea groups is 1. The van der Waals surface area contributed by atoms with Crippen LogP contribution in [0, 0.1) is 5.92 Å². The van der Waals surface area contributed by atoms with Crippen LogP contribution in [0.1, 0.15) is 37.0 Å². The van der Waals surface area contributed by atoms with E-state index in [4.69, 9.17) is 28.3 Å². The molecule has 0 saturated carbocycles. The minimum Gasteiger partial charge on any atom is -0.478 e. The second kappa shape index (κ2) is 8.10. The molecule has 1 aromatic rings. The predicted octanol–water partition coefficient (Wildman–Crippen LogP) is 4.25. The van der Waals surface area contributed by atoms with Crippen molar-refractivity contribution >= 4 is 40.9 Å². The Morgan fingerprint density at radius 2 is 1.95 bits per heavy atom. The molecule has 0 aliphatic heterocycles. The smallest absolute Gasteiger partial charge is 0.337 e. The lowest BCUT2D eigenvalue weighted by Gasteiger charge is -2.12. The first-order valence-electron chi connectivity index (χ1n) is 6.58. The van der Waals surface area contributed by atoms with E-state index in [-0.39, 0.29) is 21.3 Å². The molecular weight excluding hydrogens is 315 g/mol. The summed E-state index contributed by atoms with van der Waals surface area (Å²) in [6, 6.07) is 2.12. The summed E-state index contributed by atoms with van der Waals surface area (Å²) in [4.78, 5) is 22.9.